The van der Waals surface area contributed by atoms with E-state index < -0.39 is 11.7 Å². The molecule has 1 fully saturated rings. The fourth-order valence-corrected chi connectivity index (χ4v) is 3.43. The number of alkyl halides is 3. The Kier molecular flexibility index (Phi) is 4.45. The van der Waals surface area contributed by atoms with Gasteiger partial charge in [-0.2, -0.15) is 18.3 Å². The molecule has 0 unspecified atom stereocenters. The van der Waals surface area contributed by atoms with Gasteiger partial charge in [0.05, 0.1) is 18.4 Å². The summed E-state index contributed by atoms with van der Waals surface area (Å²) in [6.45, 7) is 3.09. The van der Waals surface area contributed by atoms with Crippen LogP contribution in [0.25, 0.3) is 0 Å². The maximum absolute atomic E-state index is 12.9. The maximum atomic E-state index is 12.9. The van der Waals surface area contributed by atoms with Crippen molar-refractivity contribution in [2.45, 2.75) is 19.1 Å². The van der Waals surface area contributed by atoms with E-state index in [-0.39, 0.29) is 5.91 Å². The number of hydrogen-bond donors (Lipinski definition) is 0. The average Bonchev–Trinajstić information content (AvgIpc) is 3.11. The van der Waals surface area contributed by atoms with Gasteiger partial charge in [-0.1, -0.05) is 6.07 Å². The van der Waals surface area contributed by atoms with E-state index in [1.165, 1.54) is 12.3 Å². The largest absolute Gasteiger partial charge is 0.477 e. The van der Waals surface area contributed by atoms with Crippen molar-refractivity contribution in [1.29, 1.82) is 0 Å². The van der Waals surface area contributed by atoms with Crippen LogP contribution in [0.3, 0.4) is 0 Å². The molecule has 3 heterocycles. The van der Waals surface area contributed by atoms with E-state index in [4.69, 9.17) is 4.74 Å². The Balaban J connectivity index is 1.43. The van der Waals surface area contributed by atoms with Gasteiger partial charge in [0, 0.05) is 44.8 Å². The molecule has 0 radical (unpaired) electrons. The van der Waals surface area contributed by atoms with Crippen molar-refractivity contribution in [3.8, 4) is 5.88 Å². The van der Waals surface area contributed by atoms with E-state index in [9.17, 15) is 18.0 Å². The molecule has 6 nitrogen and oxygen atoms in total. The van der Waals surface area contributed by atoms with E-state index in [0.717, 1.165) is 25.1 Å². The van der Waals surface area contributed by atoms with Crippen LogP contribution in [0, 0.1) is 0 Å². The molecular weight excluding hydrogens is 361 g/mol. The van der Waals surface area contributed by atoms with Crippen molar-refractivity contribution >= 4 is 11.6 Å². The van der Waals surface area contributed by atoms with Gasteiger partial charge in [0.25, 0.3) is 5.91 Å². The van der Waals surface area contributed by atoms with Crippen molar-refractivity contribution in [1.82, 2.24) is 14.7 Å². The third kappa shape index (κ3) is 3.45. The maximum Gasteiger partial charge on any atom is 0.416 e. The standard InChI is InChI=1S/C18H19F3N4O2/c19-18(20,21)13-3-1-4-14(11-13)23-6-8-24(9-7-23)16(26)15-12-22-25-5-2-10-27-17(15)25/h1,3-4,11-12H,2,5-10H2. The Bertz CT molecular complexity index is 841. The summed E-state index contributed by atoms with van der Waals surface area (Å²) in [5, 5.41) is 4.20. The fraction of sp³-hybridized carbons (Fsp3) is 0.444. The number of benzene rings is 1. The van der Waals surface area contributed by atoms with Crippen LogP contribution >= 0.6 is 0 Å². The van der Waals surface area contributed by atoms with Crippen LogP contribution in [0.15, 0.2) is 30.5 Å². The number of anilines is 1. The van der Waals surface area contributed by atoms with Crippen molar-refractivity contribution in [3.63, 3.8) is 0 Å². The highest BCUT2D eigenvalue weighted by Crippen LogP contribution is 2.32. The lowest BCUT2D eigenvalue weighted by molar-refractivity contribution is -0.137. The second-order valence-corrected chi connectivity index (χ2v) is 6.62. The van der Waals surface area contributed by atoms with E-state index in [1.807, 2.05) is 4.90 Å². The Morgan fingerprint density at radius 3 is 2.63 bits per heavy atom. The van der Waals surface area contributed by atoms with E-state index in [1.54, 1.807) is 15.6 Å². The summed E-state index contributed by atoms with van der Waals surface area (Å²) in [5.41, 5.74) is 0.299. The first kappa shape index (κ1) is 17.7. The zero-order chi connectivity index (χ0) is 19.0. The molecule has 1 aromatic carbocycles. The molecule has 0 spiro atoms. The summed E-state index contributed by atoms with van der Waals surface area (Å²) in [5.74, 6) is 0.355. The average molecular weight is 380 g/mol. The molecule has 2 aliphatic heterocycles. The molecule has 0 aliphatic carbocycles. The highest BCUT2D eigenvalue weighted by molar-refractivity contribution is 5.96. The lowest BCUT2D eigenvalue weighted by Crippen LogP contribution is -2.48. The molecule has 0 saturated carbocycles. The predicted molar refractivity (Wildman–Crippen MR) is 91.9 cm³/mol. The summed E-state index contributed by atoms with van der Waals surface area (Å²) < 4.78 is 46.0. The SMILES string of the molecule is O=C(c1cnn2c1OCCC2)N1CCN(c2cccc(C(F)(F)F)c2)CC1. The first-order chi connectivity index (χ1) is 12.9. The van der Waals surface area contributed by atoms with Crippen molar-refractivity contribution in [3.05, 3.63) is 41.6 Å². The number of fused-ring (bicyclic) bond motifs is 1. The van der Waals surface area contributed by atoms with Crippen LogP contribution in [0.2, 0.25) is 0 Å². The van der Waals surface area contributed by atoms with Crippen LogP contribution in [0.1, 0.15) is 22.3 Å². The summed E-state index contributed by atoms with van der Waals surface area (Å²) in [6, 6.07) is 5.28. The number of ether oxygens (including phenoxy) is 1. The molecule has 2 aromatic rings. The van der Waals surface area contributed by atoms with E-state index in [2.05, 4.69) is 5.10 Å². The second kappa shape index (κ2) is 6.79. The topological polar surface area (TPSA) is 50.6 Å². The summed E-state index contributed by atoms with van der Waals surface area (Å²) in [4.78, 5) is 16.3. The Morgan fingerprint density at radius 1 is 1.11 bits per heavy atom. The third-order valence-electron chi connectivity index (χ3n) is 4.88. The van der Waals surface area contributed by atoms with Gasteiger partial charge in [-0.25, -0.2) is 4.68 Å². The van der Waals surface area contributed by atoms with Gasteiger partial charge in [-0.05, 0) is 18.2 Å². The normalized spacial score (nSPS) is 17.4. The number of rotatable bonds is 2. The monoisotopic (exact) mass is 380 g/mol. The van der Waals surface area contributed by atoms with Crippen LogP contribution in [-0.4, -0.2) is 53.4 Å². The molecule has 0 bridgehead atoms. The number of amides is 1. The lowest BCUT2D eigenvalue weighted by atomic mass is 10.1. The molecule has 1 aromatic heterocycles. The minimum absolute atomic E-state index is 0.151. The first-order valence-corrected chi connectivity index (χ1v) is 8.83. The molecule has 0 atom stereocenters. The Morgan fingerprint density at radius 2 is 1.89 bits per heavy atom. The molecule has 1 amide bonds. The Hall–Kier alpha value is -2.71. The highest BCUT2D eigenvalue weighted by Gasteiger charge is 2.32. The zero-order valence-corrected chi connectivity index (χ0v) is 14.6. The third-order valence-corrected chi connectivity index (χ3v) is 4.88. The minimum Gasteiger partial charge on any atom is -0.477 e. The Labute approximate surface area is 154 Å². The van der Waals surface area contributed by atoms with Crippen LogP contribution < -0.4 is 9.64 Å². The first-order valence-electron chi connectivity index (χ1n) is 8.83. The van der Waals surface area contributed by atoms with Crippen LogP contribution in [0.4, 0.5) is 18.9 Å². The summed E-state index contributed by atoms with van der Waals surface area (Å²) in [7, 11) is 0. The zero-order valence-electron chi connectivity index (χ0n) is 14.6. The van der Waals surface area contributed by atoms with E-state index in [0.29, 0.717) is 49.9 Å². The molecule has 27 heavy (non-hydrogen) atoms. The number of aromatic nitrogens is 2. The molecule has 4 rings (SSSR count). The molecule has 1 saturated heterocycles. The van der Waals surface area contributed by atoms with E-state index >= 15 is 0 Å². The number of nitrogens with zero attached hydrogens (tertiary/aromatic N) is 4. The van der Waals surface area contributed by atoms with Gasteiger partial charge in [0.2, 0.25) is 5.88 Å². The molecule has 2 aliphatic rings. The van der Waals surface area contributed by atoms with Crippen molar-refractivity contribution in [2.24, 2.45) is 0 Å². The molecule has 9 heteroatoms. The highest BCUT2D eigenvalue weighted by atomic mass is 19.4. The lowest BCUT2D eigenvalue weighted by Gasteiger charge is -2.36. The molecular formula is C18H19F3N4O2. The molecule has 144 valence electrons. The van der Waals surface area contributed by atoms with Crippen LogP contribution in [0.5, 0.6) is 5.88 Å². The number of carbonyl (C=O) groups is 1. The second-order valence-electron chi connectivity index (χ2n) is 6.62. The van der Waals surface area contributed by atoms with Gasteiger partial charge in [-0.15, -0.1) is 0 Å². The predicted octanol–water partition coefficient (Wildman–Crippen LogP) is 2.65. The number of aryl methyl sites for hydroxylation is 1. The van der Waals surface area contributed by atoms with Gasteiger partial charge in [-0.3, -0.25) is 4.79 Å². The van der Waals surface area contributed by atoms with Gasteiger partial charge >= 0.3 is 6.18 Å². The number of carbonyl (C=O) groups excluding carboxylic acids is 1. The summed E-state index contributed by atoms with van der Waals surface area (Å²) in [6.07, 6.45) is -1.98. The van der Waals surface area contributed by atoms with Gasteiger partial charge in [0.1, 0.15) is 5.56 Å². The molecule has 0 N–H and O–H groups in total. The van der Waals surface area contributed by atoms with Gasteiger partial charge in [0.15, 0.2) is 0 Å². The number of piperazine rings is 1. The summed E-state index contributed by atoms with van der Waals surface area (Å²) >= 11 is 0. The van der Waals surface area contributed by atoms with Crippen molar-refractivity contribution < 1.29 is 22.7 Å². The number of hydrogen-bond acceptors (Lipinski definition) is 4. The fourth-order valence-electron chi connectivity index (χ4n) is 3.43. The van der Waals surface area contributed by atoms with Gasteiger partial charge < -0.3 is 14.5 Å². The van der Waals surface area contributed by atoms with Crippen LogP contribution in [-0.2, 0) is 12.7 Å². The number of halogens is 3. The van der Waals surface area contributed by atoms with Crippen molar-refractivity contribution in [2.75, 3.05) is 37.7 Å². The smallest absolute Gasteiger partial charge is 0.416 e. The quantitative estimate of drug-likeness (QED) is 0.804. The minimum atomic E-state index is -4.37.